The van der Waals surface area contributed by atoms with E-state index in [2.05, 4.69) is 30.2 Å². The van der Waals surface area contributed by atoms with Gasteiger partial charge in [-0.3, -0.25) is 28.2 Å². The minimum absolute atomic E-state index is 0.0346. The number of halogens is 10. The molecule has 338 valence electrons. The molecule has 0 spiro atoms. The molecule has 7 aromatic rings. The predicted molar refractivity (Wildman–Crippen MR) is 216 cm³/mol. The van der Waals surface area contributed by atoms with Gasteiger partial charge in [0.05, 0.1) is 45.0 Å². The summed E-state index contributed by atoms with van der Waals surface area (Å²) < 4.78 is 161. The Morgan fingerprint density at radius 3 is 2.35 bits per heavy atom. The van der Waals surface area contributed by atoms with Crippen molar-refractivity contribution in [3.8, 4) is 16.9 Å². The van der Waals surface area contributed by atoms with Crippen LogP contribution in [0.25, 0.3) is 38.9 Å². The van der Waals surface area contributed by atoms with Gasteiger partial charge in [-0.05, 0) is 66.4 Å². The molecule has 1 saturated carbocycles. The number of pyridine rings is 1. The Balaban J connectivity index is 1.29. The van der Waals surface area contributed by atoms with Gasteiger partial charge in [0.15, 0.2) is 11.5 Å². The molecule has 0 radical (unpaired) electrons. The number of rotatable bonds is 13. The zero-order valence-electron chi connectivity index (χ0n) is 33.0. The van der Waals surface area contributed by atoms with E-state index in [1.54, 1.807) is 0 Å². The van der Waals surface area contributed by atoms with Crippen LogP contribution in [0.1, 0.15) is 53.1 Å². The third-order valence-electron chi connectivity index (χ3n) is 11.0. The van der Waals surface area contributed by atoms with Gasteiger partial charge in [0.25, 0.3) is 24.3 Å². The molecule has 1 fully saturated rings. The first kappa shape index (κ1) is 43.7. The molecule has 4 aromatic heterocycles. The maximum absolute atomic E-state index is 15.5. The molecule has 3 atom stereocenters. The lowest BCUT2D eigenvalue weighted by Gasteiger charge is -2.24. The molecule has 0 saturated heterocycles. The Labute approximate surface area is 364 Å². The average molecular weight is 950 g/mol. The molecule has 13 nitrogen and oxygen atoms in total. The van der Waals surface area contributed by atoms with Crippen LogP contribution >= 0.6 is 11.6 Å². The van der Waals surface area contributed by atoms with E-state index in [9.17, 15) is 44.3 Å². The molecule has 2 N–H and O–H groups in total. The number of anilines is 1. The lowest BCUT2D eigenvalue weighted by Crippen LogP contribution is -2.38. The van der Waals surface area contributed by atoms with Crippen LogP contribution in [0.3, 0.4) is 0 Å². The SMILES string of the molecule is CS(=O)(=O)Nc1nn(CC(F)F)c2c(-n3c([C@H](Cc4cc(F)cc(F)c4)NC(=O)Cn4nc(C(F)F)c5c4C(F)(F)C4CC54)nc4nc(-c5ccccc5F)ccc4c3=O)ccc(Cl)c12. The fourth-order valence-corrected chi connectivity index (χ4v) is 9.18. The molecule has 0 aliphatic heterocycles. The predicted octanol–water partition coefficient (Wildman–Crippen LogP) is 7.95. The first-order chi connectivity index (χ1) is 30.7. The molecular formula is C41H29ClF9N9O4S. The summed E-state index contributed by atoms with van der Waals surface area (Å²) in [6.07, 6.45) is -6.38. The molecule has 2 unspecified atom stereocenters. The molecule has 1 amide bonds. The van der Waals surface area contributed by atoms with E-state index in [1.165, 1.54) is 36.4 Å². The van der Waals surface area contributed by atoms with Gasteiger partial charge in [0, 0.05) is 29.5 Å². The van der Waals surface area contributed by atoms with Crippen molar-refractivity contribution in [3.05, 3.63) is 128 Å². The number of aromatic nitrogens is 7. The van der Waals surface area contributed by atoms with Crippen molar-refractivity contribution in [2.24, 2.45) is 5.92 Å². The summed E-state index contributed by atoms with van der Waals surface area (Å²) in [6, 6.07) is 10.8. The van der Waals surface area contributed by atoms with Crippen LogP contribution in [0, 0.1) is 23.4 Å². The zero-order chi connectivity index (χ0) is 46.4. The van der Waals surface area contributed by atoms with Gasteiger partial charge in [-0.2, -0.15) is 19.0 Å². The lowest BCUT2D eigenvalue weighted by atomic mass is 10.0. The topological polar surface area (TPSA) is 159 Å². The van der Waals surface area contributed by atoms with Crippen molar-refractivity contribution in [2.75, 3.05) is 11.0 Å². The van der Waals surface area contributed by atoms with Crippen LogP contribution in [-0.4, -0.2) is 61.1 Å². The molecule has 0 bridgehead atoms. The highest BCUT2D eigenvalue weighted by Crippen LogP contribution is 2.68. The molecule has 2 aliphatic rings. The fraction of sp³-hybridized carbons (Fsp3) is 0.268. The van der Waals surface area contributed by atoms with Crippen molar-refractivity contribution >= 4 is 55.3 Å². The van der Waals surface area contributed by atoms with Crippen molar-refractivity contribution in [1.82, 2.24) is 39.4 Å². The summed E-state index contributed by atoms with van der Waals surface area (Å²) in [5, 5.41) is 9.40. The number of nitrogens with zero attached hydrogens (tertiary/aromatic N) is 7. The first-order valence-electron chi connectivity index (χ1n) is 19.4. The highest BCUT2D eigenvalue weighted by molar-refractivity contribution is 7.92. The summed E-state index contributed by atoms with van der Waals surface area (Å²) >= 11 is 6.55. The smallest absolute Gasteiger partial charge is 0.293 e. The second kappa shape index (κ2) is 15.9. The van der Waals surface area contributed by atoms with E-state index in [1.807, 2.05) is 0 Å². The number of hydrogen-bond donors (Lipinski definition) is 2. The standard InChI is InChI=1S/C41H29ClF9N9O4S/c1-65(63,64)57-38-32-24(42)7-9-28(34(32)58(56-38)15-29(46)47)60-39(54-37-21(40(60)62)6-8-26(53-37)20-4-2-3-5-25(20)45)27(12-17-10-18(43)13-19(44)11-17)52-30(61)16-59-35-31(33(55-59)36(48)49)22-14-23(22)41(35,50)51/h2-11,13,22-23,27,29,36H,12,14-16H2,1H3,(H,52,61)(H,56,57)/t22?,23?,27-/m0/s1. The Morgan fingerprint density at radius 1 is 0.954 bits per heavy atom. The second-order valence-corrected chi connectivity index (χ2v) is 17.7. The Morgan fingerprint density at radius 2 is 1.68 bits per heavy atom. The number of amides is 1. The molecular weight excluding hydrogens is 921 g/mol. The number of fused-ring (bicyclic) bond motifs is 5. The minimum atomic E-state index is -4.16. The highest BCUT2D eigenvalue weighted by atomic mass is 35.5. The van der Waals surface area contributed by atoms with E-state index < -0.39 is 124 Å². The minimum Gasteiger partial charge on any atom is -0.344 e. The first-order valence-corrected chi connectivity index (χ1v) is 21.6. The van der Waals surface area contributed by atoms with Crippen LogP contribution in [0.2, 0.25) is 5.02 Å². The molecule has 2 aliphatic carbocycles. The third-order valence-corrected chi connectivity index (χ3v) is 11.9. The molecule has 3 aromatic carbocycles. The van der Waals surface area contributed by atoms with Crippen molar-refractivity contribution in [3.63, 3.8) is 0 Å². The largest absolute Gasteiger partial charge is 0.344 e. The van der Waals surface area contributed by atoms with Crippen molar-refractivity contribution in [1.29, 1.82) is 0 Å². The summed E-state index contributed by atoms with van der Waals surface area (Å²) in [5.74, 6) is -11.0. The van der Waals surface area contributed by atoms with Crippen LogP contribution in [-0.2, 0) is 40.3 Å². The lowest BCUT2D eigenvalue weighted by molar-refractivity contribution is -0.123. The van der Waals surface area contributed by atoms with E-state index in [-0.39, 0.29) is 55.8 Å². The van der Waals surface area contributed by atoms with Crippen molar-refractivity contribution in [2.45, 2.75) is 56.7 Å². The van der Waals surface area contributed by atoms with Gasteiger partial charge in [-0.25, -0.2) is 49.1 Å². The number of benzene rings is 3. The number of alkyl halides is 6. The highest BCUT2D eigenvalue weighted by Gasteiger charge is 2.67. The number of sulfonamides is 1. The third kappa shape index (κ3) is 7.93. The summed E-state index contributed by atoms with van der Waals surface area (Å²) in [7, 11) is -4.16. The van der Waals surface area contributed by atoms with E-state index >= 15 is 13.2 Å². The van der Waals surface area contributed by atoms with Gasteiger partial charge in [0.2, 0.25) is 15.9 Å². The molecule has 4 heterocycles. The van der Waals surface area contributed by atoms with Gasteiger partial charge >= 0.3 is 0 Å². The normalized spacial score (nSPS) is 16.9. The maximum atomic E-state index is 15.5. The van der Waals surface area contributed by atoms with Gasteiger partial charge in [-0.15, -0.1) is 0 Å². The summed E-state index contributed by atoms with van der Waals surface area (Å²) in [6.45, 7) is -2.31. The zero-order valence-corrected chi connectivity index (χ0v) is 34.6. The number of carbonyl (C=O) groups excluding carboxylic acids is 1. The number of nitrogens with one attached hydrogen (secondary N) is 2. The van der Waals surface area contributed by atoms with E-state index in [4.69, 9.17) is 11.6 Å². The van der Waals surface area contributed by atoms with Crippen LogP contribution in [0.5, 0.6) is 0 Å². The average Bonchev–Trinajstić information content (AvgIpc) is 3.74. The number of carbonyl (C=O) groups is 1. The van der Waals surface area contributed by atoms with Crippen LogP contribution in [0.15, 0.2) is 71.5 Å². The quantitative estimate of drug-likeness (QED) is 0.110. The van der Waals surface area contributed by atoms with Crippen LogP contribution < -0.4 is 15.6 Å². The molecule has 65 heavy (non-hydrogen) atoms. The van der Waals surface area contributed by atoms with Gasteiger partial charge in [0.1, 0.15) is 47.8 Å². The van der Waals surface area contributed by atoms with Crippen molar-refractivity contribution < 1.29 is 52.7 Å². The van der Waals surface area contributed by atoms with E-state index in [0.29, 0.717) is 15.4 Å². The number of hydrogen-bond acceptors (Lipinski definition) is 8. The van der Waals surface area contributed by atoms with Crippen LogP contribution in [0.4, 0.5) is 45.3 Å². The fourth-order valence-electron chi connectivity index (χ4n) is 8.45. The van der Waals surface area contributed by atoms with Gasteiger partial charge < -0.3 is 5.32 Å². The summed E-state index contributed by atoms with van der Waals surface area (Å²) in [5.41, 5.74) is -4.61. The summed E-state index contributed by atoms with van der Waals surface area (Å²) in [4.78, 5) is 38.1. The van der Waals surface area contributed by atoms with E-state index in [0.717, 1.165) is 35.1 Å². The maximum Gasteiger partial charge on any atom is 0.293 e. The van der Waals surface area contributed by atoms with Gasteiger partial charge in [-0.1, -0.05) is 23.7 Å². The Hall–Kier alpha value is -6.49. The second-order valence-electron chi connectivity index (χ2n) is 15.5. The molecule has 9 rings (SSSR count). The Bertz CT molecular complexity index is 3270. The Kier molecular flexibility index (Phi) is 10.7. The monoisotopic (exact) mass is 949 g/mol. The molecule has 24 heteroatoms.